The van der Waals surface area contributed by atoms with Crippen molar-refractivity contribution in [2.75, 3.05) is 26.8 Å². The molecule has 3 heterocycles. The maximum absolute atomic E-state index is 13.2. The number of fused-ring (bicyclic) bond motifs is 1. The van der Waals surface area contributed by atoms with Crippen LogP contribution in [0.5, 0.6) is 5.75 Å². The highest BCUT2D eigenvalue weighted by atomic mass is 16.5. The summed E-state index contributed by atoms with van der Waals surface area (Å²) in [6.07, 6.45) is 3.14. The van der Waals surface area contributed by atoms with Crippen molar-refractivity contribution in [2.45, 2.75) is 25.1 Å². The fourth-order valence-electron chi connectivity index (χ4n) is 3.80. The molecule has 0 unspecified atom stereocenters. The molecule has 10 nitrogen and oxygen atoms in total. The third-order valence-corrected chi connectivity index (χ3v) is 5.30. The second-order valence-electron chi connectivity index (χ2n) is 7.43. The van der Waals surface area contributed by atoms with Crippen LogP contribution in [0.2, 0.25) is 0 Å². The van der Waals surface area contributed by atoms with Gasteiger partial charge < -0.3 is 24.1 Å². The molecule has 1 aromatic carbocycles. The Balaban J connectivity index is 1.53. The number of pyridine rings is 1. The van der Waals surface area contributed by atoms with Crippen molar-refractivity contribution >= 4 is 22.9 Å². The van der Waals surface area contributed by atoms with E-state index < -0.39 is 11.8 Å². The molecule has 0 spiro atoms. The van der Waals surface area contributed by atoms with Crippen LogP contribution >= 0.6 is 0 Å². The normalized spacial score (nSPS) is 18.1. The number of carbonyl (C=O) groups excluding carboxylic acids is 2. The first kappa shape index (κ1) is 21.6. The number of amides is 2. The highest BCUT2D eigenvalue weighted by molar-refractivity contribution is 5.89. The van der Waals surface area contributed by atoms with E-state index in [2.05, 4.69) is 10.3 Å². The number of oxazole rings is 1. The number of para-hydroxylation sites is 2. The summed E-state index contributed by atoms with van der Waals surface area (Å²) in [7, 11) is 1.54. The van der Waals surface area contributed by atoms with E-state index in [0.29, 0.717) is 36.4 Å². The van der Waals surface area contributed by atoms with E-state index in [1.54, 1.807) is 55.9 Å². The molecule has 0 radical (unpaired) electrons. The first-order valence-electron chi connectivity index (χ1n) is 10.3. The van der Waals surface area contributed by atoms with Gasteiger partial charge >= 0.3 is 5.76 Å². The van der Waals surface area contributed by atoms with Crippen molar-refractivity contribution in [2.24, 2.45) is 0 Å². The Labute approximate surface area is 183 Å². The molecule has 4 rings (SSSR count). The number of hydrogen-bond acceptors (Lipinski definition) is 7. The van der Waals surface area contributed by atoms with Gasteiger partial charge in [0.15, 0.2) is 5.58 Å². The van der Waals surface area contributed by atoms with Gasteiger partial charge in [0.1, 0.15) is 24.4 Å². The Morgan fingerprint density at radius 1 is 1.25 bits per heavy atom. The van der Waals surface area contributed by atoms with Crippen molar-refractivity contribution in [1.29, 1.82) is 0 Å². The molecule has 1 aliphatic heterocycles. The number of likely N-dealkylation sites (tertiary alicyclic amines) is 1. The topological polar surface area (TPSA) is 116 Å². The Morgan fingerprint density at radius 3 is 2.88 bits per heavy atom. The smallest absolute Gasteiger partial charge is 0.420 e. The first-order valence-corrected chi connectivity index (χ1v) is 10.3. The number of rotatable bonds is 8. The molecule has 10 heteroatoms. The van der Waals surface area contributed by atoms with E-state index in [9.17, 15) is 14.4 Å². The molecule has 32 heavy (non-hydrogen) atoms. The molecule has 0 bridgehead atoms. The number of benzene rings is 1. The van der Waals surface area contributed by atoms with Gasteiger partial charge in [-0.3, -0.25) is 19.1 Å². The van der Waals surface area contributed by atoms with Crippen LogP contribution in [-0.2, 0) is 20.9 Å². The minimum atomic E-state index is -0.727. The van der Waals surface area contributed by atoms with Crippen LogP contribution in [-0.4, -0.2) is 65.2 Å². The lowest BCUT2D eigenvalue weighted by Crippen LogP contribution is -2.48. The molecule has 168 valence electrons. The van der Waals surface area contributed by atoms with Crippen LogP contribution in [0, 0.1) is 0 Å². The predicted octanol–water partition coefficient (Wildman–Crippen LogP) is 0.801. The van der Waals surface area contributed by atoms with E-state index in [-0.39, 0.29) is 31.0 Å². The Morgan fingerprint density at radius 2 is 2.09 bits per heavy atom. The highest BCUT2D eigenvalue weighted by Gasteiger charge is 2.40. The van der Waals surface area contributed by atoms with Crippen LogP contribution in [0.1, 0.15) is 6.42 Å². The lowest BCUT2D eigenvalue weighted by molar-refractivity contribution is -0.139. The second kappa shape index (κ2) is 9.65. The molecule has 1 aliphatic rings. The Bertz CT molecular complexity index is 1140. The molecule has 0 saturated carbocycles. The molecule has 2 amide bonds. The Hall–Kier alpha value is -3.66. The summed E-state index contributed by atoms with van der Waals surface area (Å²) in [5, 5.41) is 2.78. The number of nitrogens with one attached hydrogen (secondary N) is 1. The maximum Gasteiger partial charge on any atom is 0.420 e. The number of carbonyl (C=O) groups is 2. The highest BCUT2D eigenvalue weighted by Crippen LogP contribution is 2.24. The molecule has 1 saturated heterocycles. The van der Waals surface area contributed by atoms with Gasteiger partial charge in [-0.25, -0.2) is 4.79 Å². The van der Waals surface area contributed by atoms with Crippen molar-refractivity contribution < 1.29 is 23.5 Å². The van der Waals surface area contributed by atoms with Crippen LogP contribution in [0.15, 0.2) is 58.0 Å². The summed E-state index contributed by atoms with van der Waals surface area (Å²) in [5.41, 5.74) is 0.924. The summed E-state index contributed by atoms with van der Waals surface area (Å²) < 4.78 is 17.4. The summed E-state index contributed by atoms with van der Waals surface area (Å²) in [6, 6.07) is 9.67. The summed E-state index contributed by atoms with van der Waals surface area (Å²) in [4.78, 5) is 43.8. The zero-order valence-electron chi connectivity index (χ0n) is 17.6. The van der Waals surface area contributed by atoms with Crippen LogP contribution < -0.4 is 15.8 Å². The molecular weight excluding hydrogens is 416 g/mol. The van der Waals surface area contributed by atoms with Crippen molar-refractivity contribution in [3.05, 3.63) is 59.3 Å². The predicted molar refractivity (Wildman–Crippen MR) is 114 cm³/mol. The third-order valence-electron chi connectivity index (χ3n) is 5.30. The summed E-state index contributed by atoms with van der Waals surface area (Å²) in [5.74, 6) is -0.731. The summed E-state index contributed by atoms with van der Waals surface area (Å²) >= 11 is 0. The van der Waals surface area contributed by atoms with Gasteiger partial charge in [-0.1, -0.05) is 12.1 Å². The van der Waals surface area contributed by atoms with Gasteiger partial charge in [0.2, 0.25) is 11.8 Å². The molecular formula is C22H24N4O6. The van der Waals surface area contributed by atoms with Gasteiger partial charge in [-0.2, -0.15) is 0 Å². The van der Waals surface area contributed by atoms with E-state index in [1.165, 1.54) is 9.47 Å². The van der Waals surface area contributed by atoms with E-state index in [4.69, 9.17) is 13.9 Å². The largest absolute Gasteiger partial charge is 0.487 e. The van der Waals surface area contributed by atoms with Crippen molar-refractivity contribution in [3.63, 3.8) is 0 Å². The average molecular weight is 440 g/mol. The minimum Gasteiger partial charge on any atom is -0.487 e. The van der Waals surface area contributed by atoms with Gasteiger partial charge in [0.05, 0.1) is 24.9 Å². The van der Waals surface area contributed by atoms with Crippen molar-refractivity contribution in [3.8, 4) is 5.75 Å². The van der Waals surface area contributed by atoms with Crippen molar-refractivity contribution in [1.82, 2.24) is 19.8 Å². The van der Waals surface area contributed by atoms with Gasteiger partial charge in [-0.05, 0) is 24.3 Å². The SMILES string of the molecule is COCCNC(=O)[C@@H]1C[C@H](Oc2cccnc2)CN1C(=O)Cn1c(=O)oc2ccccc21. The van der Waals surface area contributed by atoms with Gasteiger partial charge in [0.25, 0.3) is 0 Å². The quantitative estimate of drug-likeness (QED) is 0.515. The minimum absolute atomic E-state index is 0.209. The van der Waals surface area contributed by atoms with Crippen LogP contribution in [0.3, 0.4) is 0 Å². The molecule has 2 aromatic heterocycles. The number of nitrogens with zero attached hydrogens (tertiary/aromatic N) is 3. The third kappa shape index (κ3) is 4.65. The van der Waals surface area contributed by atoms with Crippen LogP contribution in [0.4, 0.5) is 0 Å². The molecule has 2 atom stereocenters. The van der Waals surface area contributed by atoms with E-state index in [1.807, 2.05) is 0 Å². The monoisotopic (exact) mass is 440 g/mol. The summed E-state index contributed by atoms with van der Waals surface area (Å²) in [6.45, 7) is 0.657. The van der Waals surface area contributed by atoms with Crippen LogP contribution in [0.25, 0.3) is 11.1 Å². The van der Waals surface area contributed by atoms with E-state index >= 15 is 0 Å². The number of ether oxygens (including phenoxy) is 2. The maximum atomic E-state index is 13.2. The lowest BCUT2D eigenvalue weighted by Gasteiger charge is -2.23. The number of aromatic nitrogens is 2. The number of methoxy groups -OCH3 is 1. The van der Waals surface area contributed by atoms with Gasteiger partial charge in [-0.15, -0.1) is 0 Å². The zero-order valence-corrected chi connectivity index (χ0v) is 17.6. The molecule has 3 aromatic rings. The number of hydrogen-bond donors (Lipinski definition) is 1. The molecule has 1 N–H and O–H groups in total. The molecule has 1 fully saturated rings. The Kier molecular flexibility index (Phi) is 6.50. The lowest BCUT2D eigenvalue weighted by atomic mass is 10.2. The zero-order chi connectivity index (χ0) is 22.5. The van der Waals surface area contributed by atoms with E-state index in [0.717, 1.165) is 0 Å². The molecule has 0 aliphatic carbocycles. The fourth-order valence-corrected chi connectivity index (χ4v) is 3.80. The average Bonchev–Trinajstić information content (AvgIpc) is 3.36. The first-order chi connectivity index (χ1) is 15.6. The standard InChI is InChI=1S/C22H24N4O6/c1-30-10-9-24-21(28)18-11-16(31-15-5-4-8-23-12-15)13-25(18)20(27)14-26-17-6-2-3-7-19(17)32-22(26)29/h2-8,12,16,18H,9-11,13-14H2,1H3,(H,24,28)/t16-,18-/m0/s1. The van der Waals surface area contributed by atoms with Gasteiger partial charge in [0, 0.05) is 26.3 Å². The second-order valence-corrected chi connectivity index (χ2v) is 7.43. The fraction of sp³-hybridized carbons (Fsp3) is 0.364.